The number of nitrogens with zero attached hydrogens (tertiary/aromatic N) is 3. The van der Waals surface area contributed by atoms with E-state index in [1.165, 1.54) is 28.8 Å². The van der Waals surface area contributed by atoms with Gasteiger partial charge in [-0.05, 0) is 37.1 Å². The molecule has 0 N–H and O–H groups in total. The van der Waals surface area contributed by atoms with Gasteiger partial charge in [0, 0.05) is 12.6 Å². The van der Waals surface area contributed by atoms with Crippen molar-refractivity contribution in [2.75, 3.05) is 0 Å². The largest absolute Gasteiger partial charge is 0.301 e. The molecule has 0 saturated heterocycles. The normalized spacial score (nSPS) is 12.9. The van der Waals surface area contributed by atoms with E-state index in [0.717, 1.165) is 11.1 Å². The second-order valence-electron chi connectivity index (χ2n) is 6.23. The molecule has 3 aromatic rings. The van der Waals surface area contributed by atoms with Gasteiger partial charge < -0.3 is 4.57 Å². The molecule has 7 heteroatoms. The van der Waals surface area contributed by atoms with Gasteiger partial charge in [0.15, 0.2) is 5.82 Å². The molecule has 1 aromatic heterocycles. The minimum atomic E-state index is -3.78. The molecular formula is C19H20FN3O2S. The number of aromatic nitrogens is 3. The zero-order valence-corrected chi connectivity index (χ0v) is 15.7. The lowest BCUT2D eigenvalue weighted by molar-refractivity contribution is 0.561. The van der Waals surface area contributed by atoms with Gasteiger partial charge in [-0.15, -0.1) is 10.2 Å². The fourth-order valence-electron chi connectivity index (χ4n) is 3.04. The molecule has 136 valence electrons. The fraction of sp³-hybridized carbons (Fsp3) is 0.263. The van der Waals surface area contributed by atoms with Gasteiger partial charge in [-0.2, -0.15) is 0 Å². The van der Waals surface area contributed by atoms with Crippen LogP contribution < -0.4 is 0 Å². The molecule has 0 bridgehead atoms. The van der Waals surface area contributed by atoms with Crippen LogP contribution in [0, 0.1) is 12.7 Å². The van der Waals surface area contributed by atoms with E-state index in [1.807, 2.05) is 31.2 Å². The fourth-order valence-corrected chi connectivity index (χ4v) is 4.87. The van der Waals surface area contributed by atoms with Crippen molar-refractivity contribution in [2.24, 2.45) is 7.05 Å². The smallest absolute Gasteiger partial charge is 0.250 e. The lowest BCUT2D eigenvalue weighted by Gasteiger charge is -2.16. The van der Waals surface area contributed by atoms with Crippen LogP contribution in [0.1, 0.15) is 29.7 Å². The van der Waals surface area contributed by atoms with Crippen molar-refractivity contribution in [3.05, 3.63) is 65.5 Å². The highest BCUT2D eigenvalue weighted by Crippen LogP contribution is 2.32. The minimum Gasteiger partial charge on any atom is -0.301 e. The summed E-state index contributed by atoms with van der Waals surface area (Å²) in [6.07, 6.45) is 0.348. The van der Waals surface area contributed by atoms with Gasteiger partial charge in [0.25, 0.3) is 0 Å². The number of hydrogen-bond acceptors (Lipinski definition) is 4. The van der Waals surface area contributed by atoms with Crippen molar-refractivity contribution in [1.82, 2.24) is 14.8 Å². The molecular weight excluding hydrogens is 353 g/mol. The third kappa shape index (κ3) is 3.26. The molecule has 1 unspecified atom stereocenters. The maximum atomic E-state index is 13.2. The lowest BCUT2D eigenvalue weighted by Crippen LogP contribution is -2.17. The summed E-state index contributed by atoms with van der Waals surface area (Å²) in [5.41, 5.74) is 2.39. The molecule has 5 nitrogen and oxygen atoms in total. The molecule has 2 aromatic carbocycles. The summed E-state index contributed by atoms with van der Waals surface area (Å²) in [7, 11) is -2.14. The summed E-state index contributed by atoms with van der Waals surface area (Å²) < 4.78 is 41.0. The van der Waals surface area contributed by atoms with Crippen LogP contribution in [0.2, 0.25) is 0 Å². The molecule has 0 spiro atoms. The molecule has 0 aliphatic rings. The Hall–Kier alpha value is -2.54. The lowest BCUT2D eigenvalue weighted by atomic mass is 10.1. The van der Waals surface area contributed by atoms with Crippen LogP contribution in [0.5, 0.6) is 0 Å². The molecule has 1 heterocycles. The summed E-state index contributed by atoms with van der Waals surface area (Å²) in [5, 5.41) is 7.15. The SMILES string of the molecule is CCC(c1ccc(F)cc1)S(=O)(=O)c1nnc(-c2cccc(C)c2)n1C. The molecule has 0 saturated carbocycles. The van der Waals surface area contributed by atoms with Crippen molar-refractivity contribution in [2.45, 2.75) is 30.7 Å². The third-order valence-electron chi connectivity index (χ3n) is 4.35. The monoisotopic (exact) mass is 373 g/mol. The molecule has 3 rings (SSSR count). The van der Waals surface area contributed by atoms with Gasteiger partial charge in [-0.25, -0.2) is 12.8 Å². The highest BCUT2D eigenvalue weighted by molar-refractivity contribution is 7.91. The summed E-state index contributed by atoms with van der Waals surface area (Å²) in [5.74, 6) is 0.0858. The van der Waals surface area contributed by atoms with Crippen molar-refractivity contribution >= 4 is 9.84 Å². The Kier molecular flexibility index (Phi) is 4.91. The van der Waals surface area contributed by atoms with Crippen LogP contribution in [-0.4, -0.2) is 23.2 Å². The van der Waals surface area contributed by atoms with E-state index in [4.69, 9.17) is 0 Å². The van der Waals surface area contributed by atoms with Gasteiger partial charge in [-0.1, -0.05) is 42.8 Å². The molecule has 0 amide bonds. The van der Waals surface area contributed by atoms with E-state index in [2.05, 4.69) is 10.2 Å². The summed E-state index contributed by atoms with van der Waals surface area (Å²) in [6.45, 7) is 3.74. The first-order valence-corrected chi connectivity index (χ1v) is 9.85. The first-order valence-electron chi connectivity index (χ1n) is 8.30. The van der Waals surface area contributed by atoms with Crippen molar-refractivity contribution < 1.29 is 12.8 Å². The number of sulfone groups is 1. The summed E-state index contributed by atoms with van der Waals surface area (Å²) >= 11 is 0. The van der Waals surface area contributed by atoms with Crippen molar-refractivity contribution in [1.29, 1.82) is 0 Å². The van der Waals surface area contributed by atoms with Gasteiger partial charge in [-0.3, -0.25) is 0 Å². The number of aryl methyl sites for hydroxylation is 1. The molecule has 0 radical (unpaired) electrons. The van der Waals surface area contributed by atoms with Crippen molar-refractivity contribution in [3.8, 4) is 11.4 Å². The van der Waals surface area contributed by atoms with Gasteiger partial charge in [0.05, 0.1) is 5.25 Å². The van der Waals surface area contributed by atoms with Crippen LogP contribution in [0.3, 0.4) is 0 Å². The molecule has 0 aliphatic heterocycles. The van der Waals surface area contributed by atoms with Crippen molar-refractivity contribution in [3.63, 3.8) is 0 Å². The average molecular weight is 373 g/mol. The molecule has 26 heavy (non-hydrogen) atoms. The maximum absolute atomic E-state index is 13.2. The zero-order valence-electron chi connectivity index (χ0n) is 14.8. The number of halogens is 1. The van der Waals surface area contributed by atoms with E-state index in [1.54, 1.807) is 14.0 Å². The first-order chi connectivity index (χ1) is 12.3. The van der Waals surface area contributed by atoms with E-state index < -0.39 is 20.9 Å². The second-order valence-corrected chi connectivity index (χ2v) is 8.25. The van der Waals surface area contributed by atoms with E-state index >= 15 is 0 Å². The summed E-state index contributed by atoms with van der Waals surface area (Å²) in [6, 6.07) is 13.2. The highest BCUT2D eigenvalue weighted by atomic mass is 32.2. The number of benzene rings is 2. The predicted molar refractivity (Wildman–Crippen MR) is 97.8 cm³/mol. The molecule has 1 atom stereocenters. The van der Waals surface area contributed by atoms with Gasteiger partial charge >= 0.3 is 0 Å². The Bertz CT molecular complexity index is 1030. The van der Waals surface area contributed by atoms with Crippen LogP contribution >= 0.6 is 0 Å². The Morgan fingerprint density at radius 3 is 2.42 bits per heavy atom. The topological polar surface area (TPSA) is 64.8 Å². The molecule has 0 aliphatic carbocycles. The average Bonchev–Trinajstić information content (AvgIpc) is 2.99. The number of hydrogen-bond donors (Lipinski definition) is 0. The summed E-state index contributed by atoms with van der Waals surface area (Å²) in [4.78, 5) is 0. The minimum absolute atomic E-state index is 0.0924. The van der Waals surface area contributed by atoms with Crippen LogP contribution in [0.15, 0.2) is 53.7 Å². The Labute approximate surface area is 152 Å². The second kappa shape index (κ2) is 6.99. The maximum Gasteiger partial charge on any atom is 0.250 e. The van der Waals surface area contributed by atoms with E-state index in [0.29, 0.717) is 17.8 Å². The van der Waals surface area contributed by atoms with E-state index in [9.17, 15) is 12.8 Å². The highest BCUT2D eigenvalue weighted by Gasteiger charge is 2.32. The Morgan fingerprint density at radius 1 is 1.12 bits per heavy atom. The van der Waals surface area contributed by atoms with Crippen LogP contribution in [0.25, 0.3) is 11.4 Å². The molecule has 0 fully saturated rings. The number of rotatable bonds is 5. The Morgan fingerprint density at radius 2 is 1.81 bits per heavy atom. The van der Waals surface area contributed by atoms with E-state index in [-0.39, 0.29) is 5.16 Å². The van der Waals surface area contributed by atoms with Gasteiger partial charge in [0.2, 0.25) is 15.0 Å². The van der Waals surface area contributed by atoms with Crippen LogP contribution in [0.4, 0.5) is 4.39 Å². The predicted octanol–water partition coefficient (Wildman–Crippen LogP) is 3.85. The van der Waals surface area contributed by atoms with Gasteiger partial charge in [0.1, 0.15) is 5.82 Å². The quantitative estimate of drug-likeness (QED) is 0.681. The zero-order chi connectivity index (χ0) is 18.9. The standard InChI is InChI=1S/C19H20FN3O2S/c1-4-17(14-8-10-16(20)11-9-14)26(24,25)19-22-21-18(23(19)3)15-7-5-6-13(2)12-15/h5-12,17H,4H2,1-3H3. The third-order valence-corrected chi connectivity index (χ3v) is 6.57. The van der Waals surface area contributed by atoms with Crippen LogP contribution in [-0.2, 0) is 16.9 Å². The Balaban J connectivity index is 2.06. The first kappa shape index (κ1) is 18.3.